The molecule has 0 spiro atoms. The van der Waals surface area contributed by atoms with Crippen LogP contribution >= 0.6 is 0 Å². The lowest BCUT2D eigenvalue weighted by Crippen LogP contribution is -2.29. The predicted octanol–water partition coefficient (Wildman–Crippen LogP) is 2.91. The Balaban J connectivity index is 2.09. The van der Waals surface area contributed by atoms with Crippen molar-refractivity contribution in [3.63, 3.8) is 0 Å². The minimum Gasteiger partial charge on any atom is -0.506 e. The average molecular weight is 312 g/mol. The molecular weight excluding hydrogens is 292 g/mol. The largest absolute Gasteiger partial charge is 0.506 e. The molecule has 0 saturated carbocycles. The summed E-state index contributed by atoms with van der Waals surface area (Å²) >= 11 is 0. The number of hydrogen-bond acceptors (Lipinski definition) is 3. The molecule has 0 radical (unpaired) electrons. The molecule has 0 aliphatic carbocycles. The molecule has 0 fully saturated rings. The van der Waals surface area contributed by atoms with Crippen LogP contribution in [0.25, 0.3) is 0 Å². The first-order chi connectivity index (χ1) is 11.0. The van der Waals surface area contributed by atoms with Gasteiger partial charge in [0.15, 0.2) is 0 Å². The van der Waals surface area contributed by atoms with Crippen molar-refractivity contribution in [1.82, 2.24) is 5.32 Å². The molecule has 0 bridgehead atoms. The number of aryl methyl sites for hydroxylation is 1. The summed E-state index contributed by atoms with van der Waals surface area (Å²) in [6.07, 6.45) is 0.0803. The highest BCUT2D eigenvalue weighted by molar-refractivity contribution is 5.93. The average Bonchev–Trinajstić information content (AvgIpc) is 2.50. The van der Waals surface area contributed by atoms with Gasteiger partial charge in [0.2, 0.25) is 11.8 Å². The van der Waals surface area contributed by atoms with E-state index >= 15 is 0 Å². The third kappa shape index (κ3) is 4.85. The quantitative estimate of drug-likeness (QED) is 0.743. The third-order valence-corrected chi connectivity index (χ3v) is 3.40. The second-order valence-electron chi connectivity index (χ2n) is 5.44. The molecule has 2 amide bonds. The maximum Gasteiger partial charge on any atom is 0.226 e. The Kier molecular flexibility index (Phi) is 5.36. The SMILES string of the molecule is CC(=O)N[C@H](CC(=O)Nc1ccc(C)cc1O)c1ccccc1. The van der Waals surface area contributed by atoms with Gasteiger partial charge in [-0.25, -0.2) is 0 Å². The van der Waals surface area contributed by atoms with E-state index in [2.05, 4.69) is 10.6 Å². The number of nitrogens with one attached hydrogen (secondary N) is 2. The zero-order valence-electron chi connectivity index (χ0n) is 13.2. The molecule has 5 nitrogen and oxygen atoms in total. The lowest BCUT2D eigenvalue weighted by atomic mass is 10.0. The summed E-state index contributed by atoms with van der Waals surface area (Å²) in [6.45, 7) is 3.27. The summed E-state index contributed by atoms with van der Waals surface area (Å²) in [6, 6.07) is 13.9. The number of benzene rings is 2. The normalized spacial score (nSPS) is 11.6. The molecule has 2 aromatic rings. The van der Waals surface area contributed by atoms with E-state index in [0.29, 0.717) is 5.69 Å². The molecule has 0 saturated heterocycles. The molecule has 3 N–H and O–H groups in total. The van der Waals surface area contributed by atoms with Crippen LogP contribution in [0.3, 0.4) is 0 Å². The van der Waals surface area contributed by atoms with E-state index in [1.807, 2.05) is 37.3 Å². The van der Waals surface area contributed by atoms with E-state index in [-0.39, 0.29) is 24.0 Å². The summed E-state index contributed by atoms with van der Waals surface area (Å²) < 4.78 is 0. The highest BCUT2D eigenvalue weighted by Crippen LogP contribution is 2.25. The summed E-state index contributed by atoms with van der Waals surface area (Å²) in [7, 11) is 0. The first-order valence-corrected chi connectivity index (χ1v) is 7.37. The first kappa shape index (κ1) is 16.5. The number of hydrogen-bond donors (Lipinski definition) is 3. The Hall–Kier alpha value is -2.82. The van der Waals surface area contributed by atoms with Gasteiger partial charge in [0.25, 0.3) is 0 Å². The lowest BCUT2D eigenvalue weighted by molar-refractivity contribution is -0.120. The topological polar surface area (TPSA) is 78.4 Å². The summed E-state index contributed by atoms with van der Waals surface area (Å²) in [5.74, 6) is -0.467. The zero-order valence-corrected chi connectivity index (χ0v) is 13.2. The van der Waals surface area contributed by atoms with Crippen LogP contribution in [0.5, 0.6) is 5.75 Å². The van der Waals surface area contributed by atoms with Crippen LogP contribution in [0.1, 0.15) is 30.5 Å². The van der Waals surface area contributed by atoms with Crippen molar-refractivity contribution in [3.05, 3.63) is 59.7 Å². The van der Waals surface area contributed by atoms with Gasteiger partial charge >= 0.3 is 0 Å². The number of amides is 2. The first-order valence-electron chi connectivity index (χ1n) is 7.37. The van der Waals surface area contributed by atoms with Crippen LogP contribution in [0.4, 0.5) is 5.69 Å². The fourth-order valence-corrected chi connectivity index (χ4v) is 2.32. The van der Waals surface area contributed by atoms with Gasteiger partial charge in [-0.05, 0) is 30.2 Å². The lowest BCUT2D eigenvalue weighted by Gasteiger charge is -2.18. The van der Waals surface area contributed by atoms with Gasteiger partial charge in [-0.3, -0.25) is 9.59 Å². The van der Waals surface area contributed by atoms with Crippen molar-refractivity contribution in [1.29, 1.82) is 0 Å². The van der Waals surface area contributed by atoms with E-state index in [1.165, 1.54) is 6.92 Å². The summed E-state index contributed by atoms with van der Waals surface area (Å²) in [4.78, 5) is 23.6. The van der Waals surface area contributed by atoms with Gasteiger partial charge in [0.1, 0.15) is 5.75 Å². The Morgan fingerprint density at radius 2 is 1.83 bits per heavy atom. The summed E-state index contributed by atoms with van der Waals surface area (Å²) in [5.41, 5.74) is 2.11. The van der Waals surface area contributed by atoms with Gasteiger partial charge < -0.3 is 15.7 Å². The number of aromatic hydroxyl groups is 1. The van der Waals surface area contributed by atoms with Gasteiger partial charge in [-0.15, -0.1) is 0 Å². The molecule has 0 unspecified atom stereocenters. The molecule has 2 rings (SSSR count). The van der Waals surface area contributed by atoms with Crippen LogP contribution in [-0.4, -0.2) is 16.9 Å². The highest BCUT2D eigenvalue weighted by atomic mass is 16.3. The maximum absolute atomic E-state index is 12.2. The van der Waals surface area contributed by atoms with Crippen molar-refractivity contribution in [2.45, 2.75) is 26.3 Å². The van der Waals surface area contributed by atoms with Crippen LogP contribution < -0.4 is 10.6 Å². The molecule has 0 aliphatic rings. The zero-order chi connectivity index (χ0) is 16.8. The van der Waals surface area contributed by atoms with Crippen LogP contribution in [0.2, 0.25) is 0 Å². The third-order valence-electron chi connectivity index (χ3n) is 3.40. The molecular formula is C18H20N2O3. The smallest absolute Gasteiger partial charge is 0.226 e. The van der Waals surface area contributed by atoms with Crippen molar-refractivity contribution in [2.75, 3.05) is 5.32 Å². The molecule has 0 aliphatic heterocycles. The van der Waals surface area contributed by atoms with Crippen LogP contribution in [0.15, 0.2) is 48.5 Å². The van der Waals surface area contributed by atoms with Gasteiger partial charge in [-0.1, -0.05) is 36.4 Å². The van der Waals surface area contributed by atoms with Crippen molar-refractivity contribution < 1.29 is 14.7 Å². The molecule has 5 heteroatoms. The molecule has 23 heavy (non-hydrogen) atoms. The molecule has 1 atom stereocenters. The van der Waals surface area contributed by atoms with Gasteiger partial charge in [0, 0.05) is 6.92 Å². The number of rotatable bonds is 5. The fourth-order valence-electron chi connectivity index (χ4n) is 2.32. The number of phenolic OH excluding ortho intramolecular Hbond substituents is 1. The number of anilines is 1. The minimum atomic E-state index is -0.415. The Morgan fingerprint density at radius 3 is 2.43 bits per heavy atom. The molecule has 0 aromatic heterocycles. The summed E-state index contributed by atoms with van der Waals surface area (Å²) in [5, 5.41) is 15.3. The monoisotopic (exact) mass is 312 g/mol. The number of phenols is 1. The number of carbonyl (C=O) groups excluding carboxylic acids is 2. The van der Waals surface area contributed by atoms with Gasteiger partial charge in [-0.2, -0.15) is 0 Å². The molecule has 0 heterocycles. The maximum atomic E-state index is 12.2. The van der Waals surface area contributed by atoms with E-state index in [1.54, 1.807) is 18.2 Å². The van der Waals surface area contributed by atoms with E-state index in [0.717, 1.165) is 11.1 Å². The van der Waals surface area contributed by atoms with Crippen molar-refractivity contribution >= 4 is 17.5 Å². The van der Waals surface area contributed by atoms with Crippen LogP contribution in [-0.2, 0) is 9.59 Å². The Morgan fingerprint density at radius 1 is 1.13 bits per heavy atom. The second kappa shape index (κ2) is 7.45. The standard InChI is InChI=1S/C18H20N2O3/c1-12-8-9-15(17(22)10-12)20-18(23)11-16(19-13(2)21)14-6-4-3-5-7-14/h3-10,16,22H,11H2,1-2H3,(H,19,21)(H,20,23)/t16-/m1/s1. The Labute approximate surface area is 135 Å². The highest BCUT2D eigenvalue weighted by Gasteiger charge is 2.17. The molecule has 2 aromatic carbocycles. The number of carbonyl (C=O) groups is 2. The fraction of sp³-hybridized carbons (Fsp3) is 0.222. The molecule has 120 valence electrons. The van der Waals surface area contributed by atoms with Gasteiger partial charge in [0.05, 0.1) is 18.2 Å². The van der Waals surface area contributed by atoms with Crippen molar-refractivity contribution in [3.8, 4) is 5.75 Å². The second-order valence-corrected chi connectivity index (χ2v) is 5.44. The predicted molar refractivity (Wildman–Crippen MR) is 89.1 cm³/mol. The van der Waals surface area contributed by atoms with Crippen molar-refractivity contribution in [2.24, 2.45) is 0 Å². The van der Waals surface area contributed by atoms with E-state index in [4.69, 9.17) is 0 Å². The van der Waals surface area contributed by atoms with E-state index < -0.39 is 6.04 Å². The minimum absolute atomic E-state index is 0.0224. The Bertz CT molecular complexity index is 699. The van der Waals surface area contributed by atoms with E-state index in [9.17, 15) is 14.7 Å². The van der Waals surface area contributed by atoms with Crippen LogP contribution in [0, 0.1) is 6.92 Å².